The van der Waals surface area contributed by atoms with E-state index in [2.05, 4.69) is 51.3 Å². The molecule has 0 fully saturated rings. The first kappa shape index (κ1) is 15.7. The van der Waals surface area contributed by atoms with Crippen molar-refractivity contribution < 1.29 is 4.79 Å². The smallest absolute Gasteiger partial charge is 0.224 e. The van der Waals surface area contributed by atoms with Gasteiger partial charge < -0.3 is 10.6 Å². The average Bonchev–Trinajstić information content (AvgIpc) is 2.24. The molecule has 1 amide bonds. The van der Waals surface area contributed by atoms with Gasteiger partial charge in [-0.05, 0) is 23.1 Å². The number of carbonyl (C=O) groups is 1. The van der Waals surface area contributed by atoms with Crippen LogP contribution in [0.25, 0.3) is 0 Å². The fourth-order valence-electron chi connectivity index (χ4n) is 1.77. The van der Waals surface area contributed by atoms with Gasteiger partial charge in [-0.3, -0.25) is 4.79 Å². The van der Waals surface area contributed by atoms with E-state index >= 15 is 0 Å². The van der Waals surface area contributed by atoms with Crippen molar-refractivity contribution in [3.8, 4) is 0 Å². The highest BCUT2D eigenvalue weighted by Crippen LogP contribution is 2.20. The van der Waals surface area contributed by atoms with E-state index in [9.17, 15) is 4.79 Å². The highest BCUT2D eigenvalue weighted by atomic mass is 16.1. The molecular formula is C16H26N2O. The van der Waals surface area contributed by atoms with Crippen LogP contribution >= 0.6 is 0 Å². The molecule has 0 saturated heterocycles. The number of carbonyl (C=O) groups excluding carboxylic acids is 1. The molecule has 106 valence electrons. The second kappa shape index (κ2) is 6.71. The van der Waals surface area contributed by atoms with E-state index in [1.165, 1.54) is 5.56 Å². The molecule has 3 heteroatoms. The van der Waals surface area contributed by atoms with Crippen molar-refractivity contribution in [3.63, 3.8) is 0 Å². The molecule has 1 aromatic carbocycles. The Bertz CT molecular complexity index is 419. The third kappa shape index (κ3) is 6.97. The Balaban J connectivity index is 2.59. The predicted octanol–water partition coefficient (Wildman–Crippen LogP) is 3.56. The largest absolute Gasteiger partial charge is 0.326 e. The van der Waals surface area contributed by atoms with Crippen LogP contribution in [0.3, 0.4) is 0 Å². The van der Waals surface area contributed by atoms with Gasteiger partial charge in [-0.2, -0.15) is 0 Å². The number of anilines is 1. The fraction of sp³-hybridized carbons (Fsp3) is 0.562. The van der Waals surface area contributed by atoms with Crippen LogP contribution in [0.1, 0.15) is 46.6 Å². The number of hydrogen-bond acceptors (Lipinski definition) is 2. The van der Waals surface area contributed by atoms with Crippen molar-refractivity contribution in [2.75, 3.05) is 5.32 Å². The minimum atomic E-state index is 0.0148. The summed E-state index contributed by atoms with van der Waals surface area (Å²) < 4.78 is 0. The molecule has 19 heavy (non-hydrogen) atoms. The number of amides is 1. The summed E-state index contributed by atoms with van der Waals surface area (Å²) in [6.45, 7) is 11.3. The van der Waals surface area contributed by atoms with Gasteiger partial charge >= 0.3 is 0 Å². The van der Waals surface area contributed by atoms with Crippen LogP contribution in [0, 0.1) is 5.41 Å². The van der Waals surface area contributed by atoms with E-state index in [1.54, 1.807) is 0 Å². The highest BCUT2D eigenvalue weighted by Gasteiger charge is 2.15. The van der Waals surface area contributed by atoms with Gasteiger partial charge in [-0.15, -0.1) is 0 Å². The van der Waals surface area contributed by atoms with Crippen molar-refractivity contribution in [2.24, 2.45) is 5.41 Å². The van der Waals surface area contributed by atoms with E-state index in [0.717, 1.165) is 12.2 Å². The first-order valence-corrected chi connectivity index (χ1v) is 6.88. The van der Waals surface area contributed by atoms with Crippen LogP contribution in [0.2, 0.25) is 0 Å². The summed E-state index contributed by atoms with van der Waals surface area (Å²) >= 11 is 0. The van der Waals surface area contributed by atoms with E-state index in [-0.39, 0.29) is 11.3 Å². The molecule has 0 spiro atoms. The number of rotatable bonds is 5. The van der Waals surface area contributed by atoms with Gasteiger partial charge in [-0.1, -0.05) is 46.8 Å². The van der Waals surface area contributed by atoms with Gasteiger partial charge in [0.05, 0.1) is 0 Å². The Morgan fingerprint density at radius 3 is 2.53 bits per heavy atom. The minimum Gasteiger partial charge on any atom is -0.326 e. The average molecular weight is 262 g/mol. The lowest BCUT2D eigenvalue weighted by molar-refractivity contribution is -0.117. The zero-order valence-electron chi connectivity index (χ0n) is 12.7. The Kier molecular flexibility index (Phi) is 5.55. The third-order valence-electron chi connectivity index (χ3n) is 2.62. The summed E-state index contributed by atoms with van der Waals surface area (Å²) in [5.74, 6) is 0.0708. The number of hydrogen-bond donors (Lipinski definition) is 2. The molecule has 0 aliphatic carbocycles. The Hall–Kier alpha value is -1.35. The van der Waals surface area contributed by atoms with E-state index < -0.39 is 0 Å². The second-order valence-corrected chi connectivity index (χ2v) is 6.52. The lowest BCUT2D eigenvalue weighted by Crippen LogP contribution is -2.22. The molecule has 1 aromatic rings. The first-order chi connectivity index (χ1) is 8.76. The van der Waals surface area contributed by atoms with Crippen molar-refractivity contribution in [2.45, 2.75) is 53.6 Å². The Morgan fingerprint density at radius 1 is 1.26 bits per heavy atom. The maximum Gasteiger partial charge on any atom is 0.224 e. The molecule has 0 bridgehead atoms. The molecule has 0 unspecified atom stereocenters. The molecule has 0 saturated carbocycles. The summed E-state index contributed by atoms with van der Waals surface area (Å²) in [6.07, 6.45) is 0.529. The van der Waals surface area contributed by atoms with Crippen LogP contribution < -0.4 is 10.6 Å². The topological polar surface area (TPSA) is 41.1 Å². The fourth-order valence-corrected chi connectivity index (χ4v) is 1.77. The summed E-state index contributed by atoms with van der Waals surface area (Å²) in [5, 5.41) is 6.33. The maximum absolute atomic E-state index is 11.9. The van der Waals surface area contributed by atoms with Crippen molar-refractivity contribution in [1.29, 1.82) is 0 Å². The molecule has 3 nitrogen and oxygen atoms in total. The zero-order valence-corrected chi connectivity index (χ0v) is 12.7. The van der Waals surface area contributed by atoms with Gasteiger partial charge in [0.15, 0.2) is 0 Å². The van der Waals surface area contributed by atoms with E-state index in [4.69, 9.17) is 0 Å². The van der Waals surface area contributed by atoms with Gasteiger partial charge in [0.25, 0.3) is 0 Å². The van der Waals surface area contributed by atoms with Gasteiger partial charge in [0, 0.05) is 24.7 Å². The predicted molar refractivity (Wildman–Crippen MR) is 81.1 cm³/mol. The summed E-state index contributed by atoms with van der Waals surface area (Å²) in [7, 11) is 0. The Morgan fingerprint density at radius 2 is 1.95 bits per heavy atom. The molecular weight excluding hydrogens is 236 g/mol. The normalized spacial score (nSPS) is 11.7. The van der Waals surface area contributed by atoms with Crippen molar-refractivity contribution in [3.05, 3.63) is 29.8 Å². The molecule has 0 heterocycles. The van der Waals surface area contributed by atoms with E-state index in [1.807, 2.05) is 18.2 Å². The molecule has 0 aromatic heterocycles. The Labute approximate surface area is 116 Å². The number of nitrogens with one attached hydrogen (secondary N) is 2. The van der Waals surface area contributed by atoms with E-state index in [0.29, 0.717) is 12.5 Å². The molecule has 0 atom stereocenters. The first-order valence-electron chi connectivity index (χ1n) is 6.88. The third-order valence-corrected chi connectivity index (χ3v) is 2.62. The molecule has 0 aliphatic heterocycles. The summed E-state index contributed by atoms with van der Waals surface area (Å²) in [6, 6.07) is 8.45. The minimum absolute atomic E-state index is 0.0148. The van der Waals surface area contributed by atoms with Crippen LogP contribution in [-0.4, -0.2) is 11.9 Å². The number of benzene rings is 1. The second-order valence-electron chi connectivity index (χ2n) is 6.52. The van der Waals surface area contributed by atoms with Crippen LogP contribution in [-0.2, 0) is 11.3 Å². The van der Waals surface area contributed by atoms with Crippen molar-refractivity contribution >= 4 is 11.6 Å². The molecule has 0 aliphatic rings. The summed E-state index contributed by atoms with van der Waals surface area (Å²) in [4.78, 5) is 11.9. The standard InChI is InChI=1S/C16H26N2O/c1-12(2)17-11-13-7-6-8-14(9-13)18-15(19)10-16(3,4)5/h6-9,12,17H,10-11H2,1-5H3,(H,18,19). The lowest BCUT2D eigenvalue weighted by atomic mass is 9.92. The van der Waals surface area contributed by atoms with Gasteiger partial charge in [0.2, 0.25) is 5.91 Å². The SMILES string of the molecule is CC(C)NCc1cccc(NC(=O)CC(C)(C)C)c1. The maximum atomic E-state index is 11.9. The lowest BCUT2D eigenvalue weighted by Gasteiger charge is -2.17. The zero-order chi connectivity index (χ0) is 14.5. The monoisotopic (exact) mass is 262 g/mol. The van der Waals surface area contributed by atoms with Crippen molar-refractivity contribution in [1.82, 2.24) is 5.32 Å². The molecule has 2 N–H and O–H groups in total. The van der Waals surface area contributed by atoms with Gasteiger partial charge in [0.1, 0.15) is 0 Å². The molecule has 0 radical (unpaired) electrons. The van der Waals surface area contributed by atoms with Gasteiger partial charge in [-0.25, -0.2) is 0 Å². The van der Waals surface area contributed by atoms with Crippen LogP contribution in [0.4, 0.5) is 5.69 Å². The quantitative estimate of drug-likeness (QED) is 0.852. The van der Waals surface area contributed by atoms with Crippen LogP contribution in [0.5, 0.6) is 0 Å². The van der Waals surface area contributed by atoms with Crippen LogP contribution in [0.15, 0.2) is 24.3 Å². The highest BCUT2D eigenvalue weighted by molar-refractivity contribution is 5.91. The molecule has 1 rings (SSSR count). The summed E-state index contributed by atoms with van der Waals surface area (Å²) in [5.41, 5.74) is 2.07.